The Morgan fingerprint density at radius 2 is 1.32 bits per heavy atom. The van der Waals surface area contributed by atoms with E-state index in [2.05, 4.69) is 24.1 Å². The van der Waals surface area contributed by atoms with Crippen LogP contribution in [0.2, 0.25) is 11.2 Å². The van der Waals surface area contributed by atoms with E-state index < -0.39 is 17.6 Å². The summed E-state index contributed by atoms with van der Waals surface area (Å²) in [4.78, 5) is 2.50. The number of hydrogen-bond donors (Lipinski definition) is 1. The van der Waals surface area contributed by atoms with Gasteiger partial charge in [-0.25, -0.2) is 0 Å². The summed E-state index contributed by atoms with van der Waals surface area (Å²) in [6, 6.07) is 0.804. The average molecular weight is 539 g/mol. The van der Waals surface area contributed by atoms with Crippen LogP contribution in [0.25, 0.3) is 0 Å². The molecule has 0 aliphatic heterocycles. The number of nitrogens with one attached hydrogen (secondary N) is 1. The van der Waals surface area contributed by atoms with E-state index in [0.717, 1.165) is 44.7 Å². The Morgan fingerprint density at radius 1 is 0.765 bits per heavy atom. The van der Waals surface area contributed by atoms with Crippen molar-refractivity contribution in [1.82, 2.24) is 10.2 Å². The number of nitrogens with zero attached hydrogens (tertiary/aromatic N) is 1. The normalized spacial score (nSPS) is 13.7. The molecule has 0 bridgehead atoms. The van der Waals surface area contributed by atoms with Crippen LogP contribution >= 0.6 is 0 Å². The monoisotopic (exact) mass is 538 g/mol. The zero-order chi connectivity index (χ0) is 25.7. The second kappa shape index (κ2) is 21.4. The standard InChI is InChI=1S/C23H54N2O6Si3/c1-9-25(10-2)20-16-14-15-18-23(34(29-11-3,30-12-4)31-13-5)32-22-24-19-17-21-33(26-6,27-7)28-8/h23-24H,9-22H2,1-8H3. The molecule has 0 aliphatic rings. The number of rotatable bonds is 25. The van der Waals surface area contributed by atoms with E-state index in [1.807, 2.05) is 20.8 Å². The molecule has 34 heavy (non-hydrogen) atoms. The molecule has 204 valence electrons. The zero-order valence-electron chi connectivity index (χ0n) is 23.4. The quantitative estimate of drug-likeness (QED) is 0.139. The minimum atomic E-state index is -2.73. The van der Waals surface area contributed by atoms with Crippen LogP contribution in [0.3, 0.4) is 0 Å². The molecule has 0 aliphatic carbocycles. The van der Waals surface area contributed by atoms with E-state index in [9.17, 15) is 0 Å². The third-order valence-electron chi connectivity index (χ3n) is 6.07. The fraction of sp³-hybridized carbons (Fsp3) is 1.00. The van der Waals surface area contributed by atoms with Crippen molar-refractivity contribution in [2.24, 2.45) is 0 Å². The molecule has 11 heteroatoms. The highest BCUT2D eigenvalue weighted by Crippen LogP contribution is 2.30. The van der Waals surface area contributed by atoms with Crippen LogP contribution in [0.4, 0.5) is 0 Å². The molecule has 0 aromatic carbocycles. The highest BCUT2D eigenvalue weighted by Gasteiger charge is 2.48. The molecular formula is C23H54N2O6Si3. The fourth-order valence-corrected chi connectivity index (χ4v) is 11.5. The maximum absolute atomic E-state index is 6.29. The van der Waals surface area contributed by atoms with Crippen LogP contribution in [-0.4, -0.2) is 106 Å². The molecule has 0 amide bonds. The van der Waals surface area contributed by atoms with Crippen LogP contribution in [0.15, 0.2) is 0 Å². The van der Waals surface area contributed by atoms with Gasteiger partial charge < -0.3 is 36.8 Å². The Labute approximate surface area is 215 Å². The van der Waals surface area contributed by atoms with Gasteiger partial charge in [-0.05, 0) is 72.4 Å². The van der Waals surface area contributed by atoms with Gasteiger partial charge in [0.2, 0.25) is 0 Å². The van der Waals surface area contributed by atoms with E-state index in [4.69, 9.17) is 26.6 Å². The van der Waals surface area contributed by atoms with Crippen molar-refractivity contribution in [3.8, 4) is 0 Å². The molecule has 1 unspecified atom stereocenters. The smallest absolute Gasteiger partial charge is 0.377 e. The number of hydrogen-bond acceptors (Lipinski definition) is 8. The Balaban J connectivity index is 4.89. The summed E-state index contributed by atoms with van der Waals surface area (Å²) in [5.74, 6) is 0. The van der Waals surface area contributed by atoms with Crippen molar-refractivity contribution in [3.63, 3.8) is 0 Å². The molecule has 0 rings (SSSR count). The van der Waals surface area contributed by atoms with Gasteiger partial charge in [0.15, 0.2) is 0 Å². The van der Waals surface area contributed by atoms with Crippen LogP contribution in [0.5, 0.6) is 0 Å². The van der Waals surface area contributed by atoms with E-state index >= 15 is 0 Å². The van der Waals surface area contributed by atoms with Crippen molar-refractivity contribution in [3.05, 3.63) is 0 Å². The summed E-state index contributed by atoms with van der Waals surface area (Å²) in [5, 5.41) is 3.94. The van der Waals surface area contributed by atoms with Crippen LogP contribution < -0.4 is 5.32 Å². The summed E-state index contributed by atoms with van der Waals surface area (Å²) in [7, 11) is 0.470. The lowest BCUT2D eigenvalue weighted by Crippen LogP contribution is -2.53. The van der Waals surface area contributed by atoms with Crippen molar-refractivity contribution in [2.75, 3.05) is 73.5 Å². The second-order valence-corrected chi connectivity index (χ2v) is 16.0. The highest BCUT2D eigenvalue weighted by atomic mass is 28.4. The second-order valence-electron chi connectivity index (χ2n) is 8.11. The molecule has 1 atom stereocenters. The lowest BCUT2D eigenvalue weighted by Gasteiger charge is -2.35. The summed E-state index contributed by atoms with van der Waals surface area (Å²) >= 11 is 0. The Bertz CT molecular complexity index is 435. The van der Waals surface area contributed by atoms with E-state index in [1.54, 1.807) is 21.3 Å². The molecule has 0 aromatic heterocycles. The topological polar surface area (TPSA) is 70.7 Å². The highest BCUT2D eigenvalue weighted by molar-refractivity contribution is 6.74. The lowest BCUT2D eigenvalue weighted by atomic mass is 10.2. The summed E-state index contributed by atoms with van der Waals surface area (Å²) < 4.78 is 35.4. The number of unbranched alkanes of at least 4 members (excludes halogenated alkanes) is 2. The molecule has 2 radical (unpaired) electrons. The van der Waals surface area contributed by atoms with Crippen molar-refractivity contribution in [1.29, 1.82) is 0 Å². The zero-order valence-corrected chi connectivity index (χ0v) is 26.4. The first-order valence-electron chi connectivity index (χ1n) is 13.2. The van der Waals surface area contributed by atoms with Gasteiger partial charge in [0.05, 0.1) is 9.52 Å². The molecule has 8 nitrogen and oxygen atoms in total. The Hall–Kier alpha value is 0.331. The molecule has 0 aromatic rings. The first-order valence-corrected chi connectivity index (χ1v) is 18.2. The molecule has 0 saturated carbocycles. The van der Waals surface area contributed by atoms with Gasteiger partial charge in [-0.3, -0.25) is 0 Å². The first-order chi connectivity index (χ1) is 16.5. The van der Waals surface area contributed by atoms with E-state index in [-0.39, 0.29) is 0 Å². The Kier molecular flexibility index (Phi) is 21.6. The van der Waals surface area contributed by atoms with Crippen molar-refractivity contribution >= 4 is 27.1 Å². The Morgan fingerprint density at radius 3 is 1.79 bits per heavy atom. The molecule has 1 N–H and O–H groups in total. The van der Waals surface area contributed by atoms with Crippen molar-refractivity contribution < 1.29 is 26.6 Å². The maximum Gasteiger partial charge on any atom is 0.500 e. The van der Waals surface area contributed by atoms with Gasteiger partial charge in [-0.1, -0.05) is 26.7 Å². The summed E-state index contributed by atoms with van der Waals surface area (Å²) in [6.07, 6.45) is 6.65. The summed E-state index contributed by atoms with van der Waals surface area (Å²) in [5.41, 5.74) is 0. The average Bonchev–Trinajstić information content (AvgIpc) is 2.85. The van der Waals surface area contributed by atoms with Crippen LogP contribution in [0, 0.1) is 0 Å². The minimum absolute atomic E-state index is 0.332. The minimum Gasteiger partial charge on any atom is -0.377 e. The molecule has 0 fully saturated rings. The molecule has 0 saturated heterocycles. The van der Waals surface area contributed by atoms with Gasteiger partial charge in [0.1, 0.15) is 0 Å². The first kappa shape index (κ1) is 34.3. The van der Waals surface area contributed by atoms with Gasteiger partial charge in [-0.2, -0.15) is 0 Å². The summed E-state index contributed by atoms with van der Waals surface area (Å²) in [6.45, 7) is 16.8. The SMILES string of the molecule is CCO[Si](OCC)(OCC)C(CCCCCN(CC)CC)[Si]CNCCC[Si](OC)(OC)OC. The molecule has 0 heterocycles. The predicted molar refractivity (Wildman–Crippen MR) is 145 cm³/mol. The van der Waals surface area contributed by atoms with E-state index in [0.29, 0.717) is 34.5 Å². The third kappa shape index (κ3) is 13.0. The van der Waals surface area contributed by atoms with Crippen molar-refractivity contribution in [2.45, 2.75) is 77.9 Å². The van der Waals surface area contributed by atoms with Gasteiger partial charge in [-0.15, -0.1) is 0 Å². The third-order valence-corrected chi connectivity index (χ3v) is 15.0. The van der Waals surface area contributed by atoms with Crippen LogP contribution in [0.1, 0.15) is 66.7 Å². The maximum atomic E-state index is 6.29. The van der Waals surface area contributed by atoms with Crippen LogP contribution in [-0.2, 0) is 26.6 Å². The molecule has 0 spiro atoms. The molecular weight excluding hydrogens is 485 g/mol. The van der Waals surface area contributed by atoms with Gasteiger partial charge in [0, 0.05) is 52.4 Å². The largest absolute Gasteiger partial charge is 0.500 e. The fourth-order valence-electron chi connectivity index (χ4n) is 4.10. The lowest BCUT2D eigenvalue weighted by molar-refractivity contribution is 0.0667. The predicted octanol–water partition coefficient (Wildman–Crippen LogP) is 3.78. The van der Waals surface area contributed by atoms with E-state index in [1.165, 1.54) is 25.8 Å². The van der Waals surface area contributed by atoms with Gasteiger partial charge >= 0.3 is 17.6 Å². The van der Waals surface area contributed by atoms with Gasteiger partial charge in [0.25, 0.3) is 0 Å².